The fourth-order valence-electron chi connectivity index (χ4n) is 14.7. The average molecular weight is 1170 g/mol. The Hall–Kier alpha value is -12.6. The number of fused-ring (bicyclic) bond motifs is 6. The minimum absolute atomic E-state index is 0.646. The molecule has 0 unspecified atom stereocenters. The third-order valence-corrected chi connectivity index (χ3v) is 19.0. The second-order valence-electron chi connectivity index (χ2n) is 24.2. The van der Waals surface area contributed by atoms with Crippen LogP contribution in [0.1, 0.15) is 0 Å². The van der Waals surface area contributed by atoms with Gasteiger partial charge in [0.05, 0.1) is 24.2 Å². The van der Waals surface area contributed by atoms with E-state index in [-0.39, 0.29) is 0 Å². The molecule has 0 aliphatic rings. The maximum absolute atomic E-state index is 7.60. The third kappa shape index (κ3) is 8.59. The highest BCUT2D eigenvalue weighted by atomic mass is 15.0. The monoisotopic (exact) mass is 1160 g/mol. The number of aromatic nitrogens is 2. The number of rotatable bonds is 7. The first-order chi connectivity index (χ1) is 45.5. The lowest BCUT2D eigenvalue weighted by Gasteiger charge is -2.15. The molecule has 19 aromatic rings. The van der Waals surface area contributed by atoms with E-state index in [9.17, 15) is 0 Å². The standard InChI is InChI=1S/C47H28N2.C41H24N2/c1-48-40-21-23-43-42-22-20-33(28-44(42)49(45(43)29-40)41-10-6-3-7-11-41)31-12-14-32(15-13-31)39-26-36-18-16-34-24-38(30-8-4-2-5-9-30)25-35-17-19-37(27-39)47(36)46(34)35;1-42-34-19-21-37-36-20-18-30(24-38(36)43(39(37)25-34)35-8-3-2-4-9-35)26-10-12-27(13-11-26)33-22-31-16-14-28-6-5-7-29-15-17-32(23-33)41(31)40(28)29/h2-29H;2-25H. The molecule has 4 nitrogen and oxygen atoms in total. The zero-order valence-electron chi connectivity index (χ0n) is 49.8. The molecule has 17 aromatic carbocycles. The van der Waals surface area contributed by atoms with Gasteiger partial charge in [0.25, 0.3) is 0 Å². The van der Waals surface area contributed by atoms with Crippen LogP contribution < -0.4 is 0 Å². The Morgan fingerprint density at radius 2 is 0.467 bits per heavy atom. The van der Waals surface area contributed by atoms with E-state index in [0.717, 1.165) is 49.8 Å². The van der Waals surface area contributed by atoms with Crippen LogP contribution in [0.5, 0.6) is 0 Å². The van der Waals surface area contributed by atoms with Crippen molar-refractivity contribution >= 4 is 120 Å². The topological polar surface area (TPSA) is 18.6 Å². The molecule has 0 saturated carbocycles. The molecule has 0 saturated heterocycles. The van der Waals surface area contributed by atoms with E-state index in [0.29, 0.717) is 11.4 Å². The van der Waals surface area contributed by atoms with Crippen LogP contribution in [-0.2, 0) is 0 Å². The van der Waals surface area contributed by atoms with E-state index in [1.165, 1.54) is 125 Å². The van der Waals surface area contributed by atoms with Gasteiger partial charge in [0.15, 0.2) is 11.4 Å². The molecule has 0 N–H and O–H groups in total. The van der Waals surface area contributed by atoms with Crippen molar-refractivity contribution < 1.29 is 0 Å². The molecule has 0 fully saturated rings. The van der Waals surface area contributed by atoms with Gasteiger partial charge in [-0.15, -0.1) is 0 Å². The van der Waals surface area contributed by atoms with Gasteiger partial charge in [-0.2, -0.15) is 0 Å². The highest BCUT2D eigenvalue weighted by Crippen LogP contribution is 2.44. The largest absolute Gasteiger partial charge is 0.310 e. The molecule has 2 aromatic heterocycles. The SMILES string of the molecule is [C-]#[N+]c1ccc2c3ccc(-c4ccc(-c5cc6ccc7cc(-c8ccccc8)cc8ccc(c5)c6c78)cc4)cc3n(-c3ccccc3)c2c1.[C-]#[N+]c1ccc2c3ccc(-c4ccc(-c5cc6ccc7cccc8ccc(c5)c6c78)cc4)cc3n(-c3ccccc3)c2c1. The van der Waals surface area contributed by atoms with Crippen molar-refractivity contribution in [1.29, 1.82) is 0 Å². The number of hydrogen-bond acceptors (Lipinski definition) is 0. The lowest BCUT2D eigenvalue weighted by molar-refractivity contribution is 1.18. The summed E-state index contributed by atoms with van der Waals surface area (Å²) in [7, 11) is 0. The summed E-state index contributed by atoms with van der Waals surface area (Å²) >= 11 is 0. The number of hydrogen-bond donors (Lipinski definition) is 0. The summed E-state index contributed by atoms with van der Waals surface area (Å²) < 4.78 is 4.56. The van der Waals surface area contributed by atoms with E-state index in [4.69, 9.17) is 13.1 Å². The summed E-state index contributed by atoms with van der Waals surface area (Å²) in [5.74, 6) is 0. The predicted octanol–water partition coefficient (Wildman–Crippen LogP) is 24.8. The molecule has 0 aliphatic heterocycles. The zero-order chi connectivity index (χ0) is 61.0. The fraction of sp³-hybridized carbons (Fsp3) is 0. The normalized spacial score (nSPS) is 11.7. The van der Waals surface area contributed by atoms with E-state index in [1.54, 1.807) is 0 Å². The predicted molar refractivity (Wildman–Crippen MR) is 389 cm³/mol. The minimum atomic E-state index is 0.646. The first-order valence-electron chi connectivity index (χ1n) is 31.2. The first-order valence-corrected chi connectivity index (χ1v) is 31.2. The minimum Gasteiger partial charge on any atom is -0.310 e. The lowest BCUT2D eigenvalue weighted by Crippen LogP contribution is -1.93. The van der Waals surface area contributed by atoms with Crippen molar-refractivity contribution in [2.24, 2.45) is 0 Å². The second-order valence-corrected chi connectivity index (χ2v) is 24.2. The second kappa shape index (κ2) is 21.0. The molecule has 0 radical (unpaired) electrons. The van der Waals surface area contributed by atoms with Crippen LogP contribution in [0, 0.1) is 13.1 Å². The van der Waals surface area contributed by atoms with Crippen molar-refractivity contribution in [3.8, 4) is 67.0 Å². The van der Waals surface area contributed by atoms with Crippen LogP contribution in [0.15, 0.2) is 315 Å². The maximum Gasteiger partial charge on any atom is 0.189 e. The van der Waals surface area contributed by atoms with Crippen LogP contribution in [0.2, 0.25) is 0 Å². The summed E-state index contributed by atoms with van der Waals surface area (Å²) in [5, 5.41) is 20.3. The Bertz CT molecular complexity index is 6090. The first kappa shape index (κ1) is 52.5. The molecule has 92 heavy (non-hydrogen) atoms. The molecule has 0 amide bonds. The molecule has 0 aliphatic carbocycles. The van der Waals surface area contributed by atoms with Gasteiger partial charge in [0, 0.05) is 44.0 Å². The Labute approximate surface area is 530 Å². The van der Waals surface area contributed by atoms with E-state index < -0.39 is 0 Å². The summed E-state index contributed by atoms with van der Waals surface area (Å²) in [6, 6.07) is 113. The third-order valence-electron chi connectivity index (χ3n) is 19.0. The summed E-state index contributed by atoms with van der Waals surface area (Å²) in [5.41, 5.74) is 19.9. The van der Waals surface area contributed by atoms with E-state index >= 15 is 0 Å². The zero-order valence-corrected chi connectivity index (χ0v) is 49.8. The maximum atomic E-state index is 7.60. The van der Waals surface area contributed by atoms with Crippen LogP contribution in [-0.4, -0.2) is 9.13 Å². The van der Waals surface area contributed by atoms with Gasteiger partial charge in [-0.1, -0.05) is 231 Å². The Morgan fingerprint density at radius 3 is 0.815 bits per heavy atom. The van der Waals surface area contributed by atoms with Gasteiger partial charge in [0.1, 0.15) is 0 Å². The van der Waals surface area contributed by atoms with Gasteiger partial charge >= 0.3 is 0 Å². The molecule has 424 valence electrons. The summed E-state index contributed by atoms with van der Waals surface area (Å²) in [4.78, 5) is 7.41. The summed E-state index contributed by atoms with van der Waals surface area (Å²) in [6.45, 7) is 15.2. The van der Waals surface area contributed by atoms with Gasteiger partial charge < -0.3 is 9.13 Å². The molecule has 19 rings (SSSR count). The van der Waals surface area contributed by atoms with E-state index in [2.05, 4.69) is 298 Å². The van der Waals surface area contributed by atoms with Gasteiger partial charge in [-0.25, -0.2) is 9.69 Å². The highest BCUT2D eigenvalue weighted by molar-refractivity contribution is 6.26. The van der Waals surface area contributed by atoms with Gasteiger partial charge in [0.2, 0.25) is 0 Å². The molecule has 0 spiro atoms. The molecule has 0 atom stereocenters. The Morgan fingerprint density at radius 1 is 0.196 bits per heavy atom. The van der Waals surface area contributed by atoms with Gasteiger partial charge in [-0.05, 0) is 205 Å². The number of nitrogens with zero attached hydrogens (tertiary/aromatic N) is 4. The lowest BCUT2D eigenvalue weighted by atomic mass is 9.89. The number of para-hydroxylation sites is 2. The molecule has 2 heterocycles. The smallest absolute Gasteiger partial charge is 0.189 e. The van der Waals surface area contributed by atoms with Crippen LogP contribution in [0.25, 0.3) is 185 Å². The summed E-state index contributed by atoms with van der Waals surface area (Å²) in [6.07, 6.45) is 0. The molecular weight excluding hydrogens is 1110 g/mol. The van der Waals surface area contributed by atoms with Crippen molar-refractivity contribution in [2.75, 3.05) is 0 Å². The van der Waals surface area contributed by atoms with Crippen molar-refractivity contribution in [2.45, 2.75) is 0 Å². The van der Waals surface area contributed by atoms with Gasteiger partial charge in [-0.3, -0.25) is 0 Å². The average Bonchev–Trinajstić information content (AvgIpc) is 1.14. The Balaban J connectivity index is 0.000000137. The van der Waals surface area contributed by atoms with E-state index in [1.807, 2.05) is 36.4 Å². The van der Waals surface area contributed by atoms with Crippen LogP contribution in [0.3, 0.4) is 0 Å². The van der Waals surface area contributed by atoms with Crippen LogP contribution >= 0.6 is 0 Å². The highest BCUT2D eigenvalue weighted by Gasteiger charge is 2.19. The van der Waals surface area contributed by atoms with Crippen LogP contribution in [0.4, 0.5) is 11.4 Å². The van der Waals surface area contributed by atoms with Crippen molar-refractivity contribution in [1.82, 2.24) is 9.13 Å². The Kier molecular flexibility index (Phi) is 12.0. The fourth-order valence-corrected chi connectivity index (χ4v) is 14.7. The molecule has 0 bridgehead atoms. The number of benzene rings is 17. The quantitative estimate of drug-likeness (QED) is 0.112. The molecule has 4 heteroatoms. The molecular formula is C88H52N4. The van der Waals surface area contributed by atoms with Crippen molar-refractivity contribution in [3.63, 3.8) is 0 Å². The van der Waals surface area contributed by atoms with Crippen molar-refractivity contribution in [3.05, 3.63) is 338 Å².